The molecule has 20 heavy (non-hydrogen) atoms. The number of halogens is 1. The maximum absolute atomic E-state index is 5.90. The molecule has 102 valence electrons. The van der Waals surface area contributed by atoms with Crippen LogP contribution in [0, 0.1) is 0 Å². The van der Waals surface area contributed by atoms with Crippen LogP contribution in [-0.4, -0.2) is 18.9 Å². The molecule has 1 N–H and O–H groups in total. The molecule has 3 heterocycles. The molecule has 1 aromatic carbocycles. The van der Waals surface area contributed by atoms with Crippen LogP contribution in [0.4, 0.5) is 0 Å². The van der Waals surface area contributed by atoms with Crippen molar-refractivity contribution in [2.75, 3.05) is 13.1 Å². The monoisotopic (exact) mass is 304 g/mol. The molecular formula is C15H13ClN2OS. The third-order valence-corrected chi connectivity index (χ3v) is 4.16. The van der Waals surface area contributed by atoms with E-state index in [0.717, 1.165) is 35.7 Å². The van der Waals surface area contributed by atoms with Crippen LogP contribution >= 0.6 is 23.7 Å². The minimum atomic E-state index is 0. The Bertz CT molecular complexity index is 761. The molecule has 1 aliphatic rings. The van der Waals surface area contributed by atoms with Crippen LogP contribution in [0.2, 0.25) is 0 Å². The van der Waals surface area contributed by atoms with Gasteiger partial charge in [0.1, 0.15) is 5.58 Å². The van der Waals surface area contributed by atoms with E-state index in [2.05, 4.69) is 40.0 Å². The van der Waals surface area contributed by atoms with Gasteiger partial charge in [0, 0.05) is 22.4 Å². The van der Waals surface area contributed by atoms with Gasteiger partial charge in [-0.15, -0.1) is 23.7 Å². The summed E-state index contributed by atoms with van der Waals surface area (Å²) in [5.41, 5.74) is 2.14. The minimum absolute atomic E-state index is 0. The fourth-order valence-electron chi connectivity index (χ4n) is 2.39. The molecule has 3 nitrogen and oxygen atoms in total. The second-order valence-corrected chi connectivity index (χ2v) is 5.41. The summed E-state index contributed by atoms with van der Waals surface area (Å²) in [5, 5.41) is 6.49. The number of furan rings is 1. The number of aliphatic imine (C=N–C) groups is 1. The number of hydrogen-bond acceptors (Lipinski definition) is 4. The van der Waals surface area contributed by atoms with Gasteiger partial charge >= 0.3 is 0 Å². The zero-order valence-electron chi connectivity index (χ0n) is 10.6. The highest BCUT2D eigenvalue weighted by molar-refractivity contribution is 7.13. The second kappa shape index (κ2) is 5.31. The van der Waals surface area contributed by atoms with Crippen molar-refractivity contribution in [2.24, 2.45) is 4.99 Å². The maximum atomic E-state index is 5.90. The molecular weight excluding hydrogens is 292 g/mol. The molecule has 0 saturated carbocycles. The smallest absolute Gasteiger partial charge is 0.170 e. The van der Waals surface area contributed by atoms with Crippen molar-refractivity contribution in [3.05, 3.63) is 47.5 Å². The van der Waals surface area contributed by atoms with E-state index in [1.807, 2.05) is 12.1 Å². The summed E-state index contributed by atoms with van der Waals surface area (Å²) in [6.45, 7) is 1.72. The van der Waals surface area contributed by atoms with Crippen molar-refractivity contribution in [3.8, 4) is 10.4 Å². The number of benzene rings is 1. The Morgan fingerprint density at radius 3 is 2.90 bits per heavy atom. The summed E-state index contributed by atoms with van der Waals surface area (Å²) in [7, 11) is 0. The first-order valence-electron chi connectivity index (χ1n) is 6.27. The third-order valence-electron chi connectivity index (χ3n) is 3.26. The predicted octanol–water partition coefficient (Wildman–Crippen LogP) is 3.93. The molecule has 0 saturated heterocycles. The van der Waals surface area contributed by atoms with Gasteiger partial charge in [-0.2, -0.15) is 0 Å². The first kappa shape index (κ1) is 13.2. The van der Waals surface area contributed by atoms with Crippen LogP contribution in [0.15, 0.2) is 51.2 Å². The van der Waals surface area contributed by atoms with E-state index < -0.39 is 0 Å². The summed E-state index contributed by atoms with van der Waals surface area (Å²) < 4.78 is 5.90. The Hall–Kier alpha value is -1.78. The number of thiophene rings is 1. The summed E-state index contributed by atoms with van der Waals surface area (Å²) in [6, 6.07) is 12.5. The molecule has 4 rings (SSSR count). The van der Waals surface area contributed by atoms with Crippen LogP contribution in [0.3, 0.4) is 0 Å². The average molecular weight is 305 g/mol. The molecule has 0 fully saturated rings. The topological polar surface area (TPSA) is 37.5 Å². The Labute approximate surface area is 126 Å². The standard InChI is InChI=1S/C15H12N2OS.ClH/c1-3-10(14-5-2-8-19-14)11-9-13(18-12(11)4-1)15-16-6-7-17-15;/h1-5,8-9H,6-7H2,(H,16,17);1H. The maximum Gasteiger partial charge on any atom is 0.170 e. The Balaban J connectivity index is 0.00000121. The molecule has 5 heteroatoms. The quantitative estimate of drug-likeness (QED) is 0.779. The van der Waals surface area contributed by atoms with Crippen molar-refractivity contribution in [3.63, 3.8) is 0 Å². The van der Waals surface area contributed by atoms with Gasteiger partial charge in [-0.05, 0) is 23.6 Å². The number of fused-ring (bicyclic) bond motifs is 1. The fourth-order valence-corrected chi connectivity index (χ4v) is 3.15. The van der Waals surface area contributed by atoms with E-state index in [4.69, 9.17) is 4.42 Å². The second-order valence-electron chi connectivity index (χ2n) is 4.46. The molecule has 1 aliphatic heterocycles. The van der Waals surface area contributed by atoms with E-state index in [9.17, 15) is 0 Å². The first-order valence-corrected chi connectivity index (χ1v) is 7.15. The van der Waals surface area contributed by atoms with Crippen LogP contribution in [0.25, 0.3) is 21.4 Å². The molecule has 0 aliphatic carbocycles. The van der Waals surface area contributed by atoms with Crippen LogP contribution < -0.4 is 5.32 Å². The number of hydrogen-bond donors (Lipinski definition) is 1. The summed E-state index contributed by atoms with van der Waals surface area (Å²) in [6.07, 6.45) is 0. The lowest BCUT2D eigenvalue weighted by Crippen LogP contribution is -2.18. The van der Waals surface area contributed by atoms with Gasteiger partial charge in [-0.1, -0.05) is 18.2 Å². The van der Waals surface area contributed by atoms with Gasteiger partial charge in [0.05, 0.1) is 6.54 Å². The molecule has 0 unspecified atom stereocenters. The van der Waals surface area contributed by atoms with Crippen molar-refractivity contribution in [1.29, 1.82) is 0 Å². The van der Waals surface area contributed by atoms with Gasteiger partial charge < -0.3 is 9.73 Å². The van der Waals surface area contributed by atoms with Gasteiger partial charge in [0.25, 0.3) is 0 Å². The highest BCUT2D eigenvalue weighted by Gasteiger charge is 2.15. The largest absolute Gasteiger partial charge is 0.453 e. The summed E-state index contributed by atoms with van der Waals surface area (Å²) >= 11 is 1.74. The number of amidine groups is 1. The van der Waals surface area contributed by atoms with Gasteiger partial charge in [-0.3, -0.25) is 4.99 Å². The molecule has 0 atom stereocenters. The molecule has 0 amide bonds. The third kappa shape index (κ3) is 2.11. The SMILES string of the molecule is Cl.c1csc(-c2cccc3oc(C4=NCCN4)cc23)c1. The van der Waals surface area contributed by atoms with Gasteiger partial charge in [0.2, 0.25) is 0 Å². The van der Waals surface area contributed by atoms with Crippen LogP contribution in [0.1, 0.15) is 5.76 Å². The zero-order valence-corrected chi connectivity index (χ0v) is 12.3. The Kier molecular flexibility index (Phi) is 3.51. The average Bonchev–Trinajstić information content (AvgIpc) is 3.18. The fraction of sp³-hybridized carbons (Fsp3) is 0.133. The van der Waals surface area contributed by atoms with Crippen molar-refractivity contribution >= 4 is 40.5 Å². The lowest BCUT2D eigenvalue weighted by Gasteiger charge is -1.97. The molecule has 3 aromatic rings. The molecule has 2 aromatic heterocycles. The van der Waals surface area contributed by atoms with Crippen molar-refractivity contribution in [2.45, 2.75) is 0 Å². The van der Waals surface area contributed by atoms with E-state index in [1.54, 1.807) is 11.3 Å². The highest BCUT2D eigenvalue weighted by atomic mass is 35.5. The molecule has 0 spiro atoms. The Morgan fingerprint density at radius 1 is 1.20 bits per heavy atom. The van der Waals surface area contributed by atoms with Crippen LogP contribution in [0.5, 0.6) is 0 Å². The lowest BCUT2D eigenvalue weighted by molar-refractivity contribution is 0.602. The van der Waals surface area contributed by atoms with E-state index in [-0.39, 0.29) is 12.4 Å². The highest BCUT2D eigenvalue weighted by Crippen LogP contribution is 2.33. The summed E-state index contributed by atoms with van der Waals surface area (Å²) in [5.74, 6) is 1.70. The normalized spacial score (nSPS) is 13.9. The first-order chi connectivity index (χ1) is 9.42. The van der Waals surface area contributed by atoms with Gasteiger partial charge in [-0.25, -0.2) is 0 Å². The van der Waals surface area contributed by atoms with Crippen LogP contribution in [-0.2, 0) is 0 Å². The number of nitrogens with zero attached hydrogens (tertiary/aromatic N) is 1. The van der Waals surface area contributed by atoms with E-state index >= 15 is 0 Å². The van der Waals surface area contributed by atoms with Crippen molar-refractivity contribution in [1.82, 2.24) is 5.32 Å². The Morgan fingerprint density at radius 2 is 2.15 bits per heavy atom. The number of rotatable bonds is 2. The summed E-state index contributed by atoms with van der Waals surface area (Å²) in [4.78, 5) is 5.67. The van der Waals surface area contributed by atoms with Crippen molar-refractivity contribution < 1.29 is 4.42 Å². The van der Waals surface area contributed by atoms with E-state index in [0.29, 0.717) is 0 Å². The molecule has 0 bridgehead atoms. The minimum Gasteiger partial charge on any atom is -0.453 e. The zero-order chi connectivity index (χ0) is 12.7. The predicted molar refractivity (Wildman–Crippen MR) is 86.2 cm³/mol. The lowest BCUT2D eigenvalue weighted by atomic mass is 10.1. The molecule has 0 radical (unpaired) electrons. The number of nitrogens with one attached hydrogen (secondary N) is 1. The van der Waals surface area contributed by atoms with Gasteiger partial charge in [0.15, 0.2) is 11.6 Å². The van der Waals surface area contributed by atoms with E-state index in [1.165, 1.54) is 10.4 Å².